The first-order valence-corrected chi connectivity index (χ1v) is 11.8. The third-order valence-electron chi connectivity index (χ3n) is 4.50. The zero-order valence-electron chi connectivity index (χ0n) is 16.6. The summed E-state index contributed by atoms with van der Waals surface area (Å²) >= 11 is 1.11. The molecule has 0 spiro atoms. The van der Waals surface area contributed by atoms with E-state index >= 15 is 0 Å². The van der Waals surface area contributed by atoms with Gasteiger partial charge in [0.05, 0.1) is 22.2 Å². The van der Waals surface area contributed by atoms with Crippen molar-refractivity contribution in [1.82, 2.24) is 4.57 Å². The molecule has 0 fully saturated rings. The Bertz CT molecular complexity index is 1200. The van der Waals surface area contributed by atoms with Gasteiger partial charge in [-0.05, 0) is 51.1 Å². The predicted molar refractivity (Wildman–Crippen MR) is 118 cm³/mol. The van der Waals surface area contributed by atoms with E-state index in [2.05, 4.69) is 5.32 Å². The number of rotatable bonds is 6. The van der Waals surface area contributed by atoms with E-state index in [1.807, 2.05) is 13.8 Å². The van der Waals surface area contributed by atoms with Gasteiger partial charge in [-0.25, -0.2) is 8.42 Å². The van der Waals surface area contributed by atoms with Crippen LogP contribution >= 0.6 is 11.3 Å². The lowest BCUT2D eigenvalue weighted by atomic mass is 10.2. The van der Waals surface area contributed by atoms with Gasteiger partial charge in [0, 0.05) is 11.7 Å². The largest absolute Gasteiger partial charge is 0.324 e. The van der Waals surface area contributed by atoms with Crippen molar-refractivity contribution in [2.24, 2.45) is 0 Å². The number of para-hydroxylation sites is 1. The van der Waals surface area contributed by atoms with Crippen LogP contribution in [0.5, 0.6) is 0 Å². The second kappa shape index (κ2) is 8.00. The van der Waals surface area contributed by atoms with Crippen LogP contribution in [0, 0.1) is 0 Å². The van der Waals surface area contributed by atoms with Crippen LogP contribution in [0.2, 0.25) is 0 Å². The minimum atomic E-state index is -3.67. The molecule has 154 valence electrons. The van der Waals surface area contributed by atoms with Crippen molar-refractivity contribution in [2.75, 3.05) is 15.9 Å². The van der Waals surface area contributed by atoms with E-state index < -0.39 is 22.0 Å². The van der Waals surface area contributed by atoms with E-state index in [0.29, 0.717) is 11.4 Å². The van der Waals surface area contributed by atoms with Gasteiger partial charge in [0.15, 0.2) is 0 Å². The Kier molecular flexibility index (Phi) is 5.81. The molecular weight excluding hydrogens is 410 g/mol. The minimum absolute atomic E-state index is 0.0332. The summed E-state index contributed by atoms with van der Waals surface area (Å²) in [5.74, 6) is -0.464. The molecule has 1 N–H and O–H groups in total. The molecule has 1 atom stereocenters. The SMILES string of the molecule is CC(C)n1c(=O)sc2cc(NC(=O)[C@H](C)N(c3ccccc3)S(C)(=O)=O)ccc21. The summed E-state index contributed by atoms with van der Waals surface area (Å²) in [6.45, 7) is 5.41. The number of amides is 1. The zero-order valence-corrected chi connectivity index (χ0v) is 18.3. The normalized spacial score (nSPS) is 12.9. The number of aromatic nitrogens is 1. The van der Waals surface area contributed by atoms with Crippen molar-refractivity contribution in [2.45, 2.75) is 32.9 Å². The quantitative estimate of drug-likeness (QED) is 0.645. The lowest BCUT2D eigenvalue weighted by Crippen LogP contribution is -2.45. The summed E-state index contributed by atoms with van der Waals surface area (Å²) in [6, 6.07) is 12.8. The van der Waals surface area contributed by atoms with Gasteiger partial charge < -0.3 is 5.32 Å². The minimum Gasteiger partial charge on any atom is -0.324 e. The molecule has 0 unspecified atom stereocenters. The fourth-order valence-electron chi connectivity index (χ4n) is 3.23. The number of anilines is 2. The highest BCUT2D eigenvalue weighted by atomic mass is 32.2. The molecule has 9 heteroatoms. The van der Waals surface area contributed by atoms with E-state index in [1.165, 1.54) is 6.92 Å². The van der Waals surface area contributed by atoms with Crippen molar-refractivity contribution in [3.63, 3.8) is 0 Å². The monoisotopic (exact) mass is 433 g/mol. The number of carbonyl (C=O) groups is 1. The molecule has 29 heavy (non-hydrogen) atoms. The van der Waals surface area contributed by atoms with Gasteiger partial charge in [-0.1, -0.05) is 29.5 Å². The van der Waals surface area contributed by atoms with Crippen LogP contribution in [0.15, 0.2) is 53.3 Å². The molecule has 0 aliphatic carbocycles. The van der Waals surface area contributed by atoms with Crippen molar-refractivity contribution >= 4 is 48.9 Å². The Morgan fingerprint density at radius 3 is 2.34 bits per heavy atom. The summed E-state index contributed by atoms with van der Waals surface area (Å²) in [5, 5.41) is 2.76. The second-order valence-corrected chi connectivity index (χ2v) is 9.93. The summed E-state index contributed by atoms with van der Waals surface area (Å²) in [6.07, 6.45) is 1.07. The summed E-state index contributed by atoms with van der Waals surface area (Å²) in [5.41, 5.74) is 1.73. The molecule has 2 aromatic carbocycles. The molecule has 0 aliphatic rings. The van der Waals surface area contributed by atoms with Crippen molar-refractivity contribution in [1.29, 1.82) is 0 Å². The number of hydrogen-bond acceptors (Lipinski definition) is 5. The highest BCUT2D eigenvalue weighted by Gasteiger charge is 2.29. The number of nitrogens with zero attached hydrogens (tertiary/aromatic N) is 2. The van der Waals surface area contributed by atoms with Gasteiger partial charge in [-0.2, -0.15) is 0 Å². The van der Waals surface area contributed by atoms with Gasteiger partial charge in [-0.3, -0.25) is 18.5 Å². The van der Waals surface area contributed by atoms with Crippen LogP contribution in [0.1, 0.15) is 26.8 Å². The van der Waals surface area contributed by atoms with Gasteiger partial charge >= 0.3 is 4.87 Å². The Balaban J connectivity index is 1.89. The molecule has 0 saturated heterocycles. The molecule has 3 aromatic rings. The maximum absolute atomic E-state index is 12.8. The van der Waals surface area contributed by atoms with Crippen molar-refractivity contribution in [3.8, 4) is 0 Å². The maximum Gasteiger partial charge on any atom is 0.308 e. The number of benzene rings is 2. The van der Waals surface area contributed by atoms with Gasteiger partial charge in [0.2, 0.25) is 15.9 Å². The van der Waals surface area contributed by atoms with E-state index in [1.54, 1.807) is 53.1 Å². The lowest BCUT2D eigenvalue weighted by molar-refractivity contribution is -0.116. The van der Waals surface area contributed by atoms with Crippen LogP contribution < -0.4 is 14.5 Å². The zero-order chi connectivity index (χ0) is 21.3. The van der Waals surface area contributed by atoms with Gasteiger partial charge in [-0.15, -0.1) is 0 Å². The van der Waals surface area contributed by atoms with Crippen LogP contribution in [0.25, 0.3) is 10.2 Å². The summed E-state index contributed by atoms with van der Waals surface area (Å²) in [7, 11) is -3.67. The Hall–Kier alpha value is -2.65. The molecule has 7 nitrogen and oxygen atoms in total. The molecule has 0 aliphatic heterocycles. The predicted octanol–water partition coefficient (Wildman–Crippen LogP) is 3.44. The topological polar surface area (TPSA) is 88.5 Å². The highest BCUT2D eigenvalue weighted by Crippen LogP contribution is 2.25. The highest BCUT2D eigenvalue weighted by molar-refractivity contribution is 7.92. The van der Waals surface area contributed by atoms with Crippen LogP contribution in [0.3, 0.4) is 0 Å². The molecule has 1 aromatic heterocycles. The Labute approximate surface area is 173 Å². The third-order valence-corrected chi connectivity index (χ3v) is 6.66. The fraction of sp³-hybridized carbons (Fsp3) is 0.300. The van der Waals surface area contributed by atoms with Crippen LogP contribution in [-0.4, -0.2) is 31.2 Å². The van der Waals surface area contributed by atoms with E-state index in [-0.39, 0.29) is 10.9 Å². The number of nitrogens with one attached hydrogen (secondary N) is 1. The second-order valence-electron chi connectivity index (χ2n) is 7.07. The molecule has 1 amide bonds. The van der Waals surface area contributed by atoms with Crippen LogP contribution in [0.4, 0.5) is 11.4 Å². The fourth-order valence-corrected chi connectivity index (χ4v) is 5.46. The first kappa shape index (κ1) is 21.1. The number of fused-ring (bicyclic) bond motifs is 1. The first-order chi connectivity index (χ1) is 13.6. The average molecular weight is 434 g/mol. The van der Waals surface area contributed by atoms with Gasteiger partial charge in [0.25, 0.3) is 0 Å². The molecule has 0 radical (unpaired) electrons. The molecular formula is C20H23N3O4S2. The summed E-state index contributed by atoms with van der Waals surface area (Å²) in [4.78, 5) is 25.0. The smallest absolute Gasteiger partial charge is 0.308 e. The van der Waals surface area contributed by atoms with Crippen molar-refractivity contribution < 1.29 is 13.2 Å². The Morgan fingerprint density at radius 2 is 1.76 bits per heavy atom. The van der Waals surface area contributed by atoms with E-state index in [4.69, 9.17) is 0 Å². The van der Waals surface area contributed by atoms with E-state index in [0.717, 1.165) is 32.1 Å². The number of hydrogen-bond donors (Lipinski definition) is 1. The summed E-state index contributed by atoms with van der Waals surface area (Å²) < 4.78 is 28.2. The molecule has 1 heterocycles. The van der Waals surface area contributed by atoms with E-state index in [9.17, 15) is 18.0 Å². The molecule has 0 saturated carbocycles. The van der Waals surface area contributed by atoms with Crippen LogP contribution in [-0.2, 0) is 14.8 Å². The maximum atomic E-state index is 12.8. The lowest BCUT2D eigenvalue weighted by Gasteiger charge is -2.28. The number of sulfonamides is 1. The van der Waals surface area contributed by atoms with Gasteiger partial charge in [0.1, 0.15) is 6.04 Å². The molecule has 3 rings (SSSR count). The average Bonchev–Trinajstić information content (AvgIpc) is 2.96. The number of carbonyl (C=O) groups excluding carboxylic acids is 1. The first-order valence-electron chi connectivity index (χ1n) is 9.10. The Morgan fingerprint density at radius 1 is 1.10 bits per heavy atom. The van der Waals surface area contributed by atoms with Crippen molar-refractivity contribution in [3.05, 3.63) is 58.2 Å². The standard InChI is InChI=1S/C20H23N3O4S2/c1-13(2)22-17-11-10-15(12-18(17)28-20(22)25)21-19(24)14(3)23(29(4,26)27)16-8-6-5-7-9-16/h5-14H,1-4H3,(H,21,24)/t14-/m0/s1. The third kappa shape index (κ3) is 4.35. The number of thiazole rings is 1. The molecule has 0 bridgehead atoms.